The Morgan fingerprint density at radius 1 is 1.44 bits per heavy atom. The first-order valence-electron chi connectivity index (χ1n) is 5.12. The lowest BCUT2D eigenvalue weighted by atomic mass is 10.2. The molecule has 90 valence electrons. The summed E-state index contributed by atoms with van der Waals surface area (Å²) >= 11 is 0. The minimum atomic E-state index is -0.246. The van der Waals surface area contributed by atoms with Crippen LogP contribution in [0.15, 0.2) is 30.6 Å². The second kappa shape index (κ2) is 4.97. The molecule has 18 heavy (non-hydrogen) atoms. The number of carbonyl (C=O) groups excluding carboxylic acids is 1. The van der Waals surface area contributed by atoms with Crippen molar-refractivity contribution in [3.8, 4) is 6.07 Å². The van der Waals surface area contributed by atoms with Crippen LogP contribution >= 0.6 is 0 Å². The number of carbonyl (C=O) groups is 1. The van der Waals surface area contributed by atoms with E-state index in [4.69, 9.17) is 11.0 Å². The lowest BCUT2D eigenvalue weighted by molar-refractivity contribution is -0.116. The zero-order valence-corrected chi connectivity index (χ0v) is 9.37. The van der Waals surface area contributed by atoms with Gasteiger partial charge in [0.2, 0.25) is 11.9 Å². The number of nitrogens with two attached hydrogens (primary N) is 1. The molecular formula is C11H10N6O. The van der Waals surface area contributed by atoms with Gasteiger partial charge in [0.25, 0.3) is 0 Å². The maximum Gasteiger partial charge on any atom is 0.246 e. The molecule has 0 fully saturated rings. The van der Waals surface area contributed by atoms with Crippen LogP contribution < -0.4 is 11.1 Å². The summed E-state index contributed by atoms with van der Waals surface area (Å²) in [4.78, 5) is 15.4. The molecule has 0 unspecified atom stereocenters. The molecule has 0 aliphatic carbocycles. The number of nitrogen functional groups attached to an aromatic ring is 1. The van der Waals surface area contributed by atoms with Crippen LogP contribution in [0.4, 0.5) is 11.6 Å². The molecule has 0 saturated carbocycles. The number of rotatable bonds is 3. The lowest BCUT2D eigenvalue weighted by Crippen LogP contribution is -2.19. The number of nitrogens with zero attached hydrogens (tertiary/aromatic N) is 4. The van der Waals surface area contributed by atoms with E-state index in [1.54, 1.807) is 24.3 Å². The van der Waals surface area contributed by atoms with Crippen molar-refractivity contribution in [2.75, 3.05) is 11.1 Å². The molecule has 0 aliphatic rings. The summed E-state index contributed by atoms with van der Waals surface area (Å²) in [5.74, 6) is -0.120. The van der Waals surface area contributed by atoms with Gasteiger partial charge < -0.3 is 11.1 Å². The number of benzene rings is 1. The van der Waals surface area contributed by atoms with Gasteiger partial charge >= 0.3 is 0 Å². The highest BCUT2D eigenvalue weighted by molar-refractivity contribution is 5.90. The highest BCUT2D eigenvalue weighted by Crippen LogP contribution is 2.08. The van der Waals surface area contributed by atoms with Crippen molar-refractivity contribution >= 4 is 17.5 Å². The summed E-state index contributed by atoms with van der Waals surface area (Å²) in [6.45, 7) is 0.0319. The Kier molecular flexibility index (Phi) is 3.20. The van der Waals surface area contributed by atoms with E-state index in [1.807, 2.05) is 6.07 Å². The number of anilines is 2. The Morgan fingerprint density at radius 2 is 2.17 bits per heavy atom. The van der Waals surface area contributed by atoms with Gasteiger partial charge in [0.15, 0.2) is 0 Å². The Hall–Kier alpha value is -2.88. The van der Waals surface area contributed by atoms with E-state index >= 15 is 0 Å². The maximum atomic E-state index is 11.6. The van der Waals surface area contributed by atoms with Gasteiger partial charge in [-0.1, -0.05) is 0 Å². The fourth-order valence-corrected chi connectivity index (χ4v) is 1.36. The lowest BCUT2D eigenvalue weighted by Gasteiger charge is -2.04. The van der Waals surface area contributed by atoms with E-state index in [0.29, 0.717) is 11.3 Å². The molecule has 2 aromatic rings. The molecule has 0 atom stereocenters. The van der Waals surface area contributed by atoms with Crippen LogP contribution in [0.25, 0.3) is 0 Å². The molecule has 2 rings (SSSR count). The summed E-state index contributed by atoms with van der Waals surface area (Å²) in [6.07, 6.45) is 1.38. The van der Waals surface area contributed by atoms with Crippen molar-refractivity contribution in [3.05, 3.63) is 36.2 Å². The summed E-state index contributed by atoms with van der Waals surface area (Å²) in [6, 6.07) is 8.57. The van der Waals surface area contributed by atoms with Gasteiger partial charge in [-0.3, -0.25) is 4.79 Å². The van der Waals surface area contributed by atoms with Gasteiger partial charge in [-0.15, -0.1) is 5.10 Å². The van der Waals surface area contributed by atoms with Crippen molar-refractivity contribution in [3.63, 3.8) is 0 Å². The molecular weight excluding hydrogens is 232 g/mol. The van der Waals surface area contributed by atoms with Crippen molar-refractivity contribution in [1.29, 1.82) is 5.26 Å². The number of amides is 1. The van der Waals surface area contributed by atoms with Crippen molar-refractivity contribution in [1.82, 2.24) is 14.8 Å². The molecule has 0 spiro atoms. The smallest absolute Gasteiger partial charge is 0.246 e. The van der Waals surface area contributed by atoms with Crippen molar-refractivity contribution < 1.29 is 4.79 Å². The quantitative estimate of drug-likeness (QED) is 0.808. The Bertz CT molecular complexity index is 595. The van der Waals surface area contributed by atoms with Crippen LogP contribution in [0.1, 0.15) is 5.56 Å². The molecule has 0 saturated heterocycles. The van der Waals surface area contributed by atoms with Crippen LogP contribution in [-0.2, 0) is 11.3 Å². The highest BCUT2D eigenvalue weighted by atomic mass is 16.2. The average Bonchev–Trinajstić information content (AvgIpc) is 2.75. The number of hydrogen-bond donors (Lipinski definition) is 2. The third-order valence-corrected chi connectivity index (χ3v) is 2.16. The normalized spacial score (nSPS) is 9.72. The van der Waals surface area contributed by atoms with Crippen LogP contribution in [0.3, 0.4) is 0 Å². The number of nitriles is 1. The third kappa shape index (κ3) is 2.82. The zero-order chi connectivity index (χ0) is 13.0. The minimum absolute atomic E-state index is 0.0319. The van der Waals surface area contributed by atoms with E-state index in [0.717, 1.165) is 0 Å². The third-order valence-electron chi connectivity index (χ3n) is 2.16. The van der Waals surface area contributed by atoms with Crippen LogP contribution in [0, 0.1) is 11.3 Å². The second-order valence-electron chi connectivity index (χ2n) is 3.54. The van der Waals surface area contributed by atoms with Crippen molar-refractivity contribution in [2.45, 2.75) is 6.54 Å². The van der Waals surface area contributed by atoms with Crippen molar-refractivity contribution in [2.24, 2.45) is 0 Å². The van der Waals surface area contributed by atoms with E-state index in [9.17, 15) is 4.79 Å². The fraction of sp³-hybridized carbons (Fsp3) is 0.0909. The summed E-state index contributed by atoms with van der Waals surface area (Å²) < 4.78 is 1.34. The summed E-state index contributed by atoms with van der Waals surface area (Å²) in [7, 11) is 0. The molecule has 7 heteroatoms. The number of nitrogens with one attached hydrogen (secondary N) is 1. The van der Waals surface area contributed by atoms with E-state index in [-0.39, 0.29) is 18.4 Å². The monoisotopic (exact) mass is 242 g/mol. The van der Waals surface area contributed by atoms with Crippen LogP contribution in [0.5, 0.6) is 0 Å². The SMILES string of the molecule is N#Cc1ccc(NC(=O)Cn2cnc(N)n2)cc1. The molecule has 1 aromatic carbocycles. The second-order valence-corrected chi connectivity index (χ2v) is 3.54. The molecule has 1 heterocycles. The molecule has 1 amide bonds. The predicted octanol–water partition coefficient (Wildman–Crippen LogP) is 0.371. The highest BCUT2D eigenvalue weighted by Gasteiger charge is 2.05. The van der Waals surface area contributed by atoms with Gasteiger partial charge in [-0.2, -0.15) is 5.26 Å². The van der Waals surface area contributed by atoms with E-state index in [2.05, 4.69) is 15.4 Å². The summed E-state index contributed by atoms with van der Waals surface area (Å²) in [5, 5.41) is 15.1. The van der Waals surface area contributed by atoms with Gasteiger partial charge in [0.05, 0.1) is 11.6 Å². The van der Waals surface area contributed by atoms with Gasteiger partial charge in [0, 0.05) is 5.69 Å². The molecule has 3 N–H and O–H groups in total. The first-order valence-corrected chi connectivity index (χ1v) is 5.12. The minimum Gasteiger partial charge on any atom is -0.367 e. The molecule has 0 aliphatic heterocycles. The largest absolute Gasteiger partial charge is 0.367 e. The van der Waals surface area contributed by atoms with Gasteiger partial charge in [-0.25, -0.2) is 9.67 Å². The fourth-order valence-electron chi connectivity index (χ4n) is 1.36. The first kappa shape index (κ1) is 11.6. The number of aromatic nitrogens is 3. The van der Waals surface area contributed by atoms with Crippen LogP contribution in [0.2, 0.25) is 0 Å². The zero-order valence-electron chi connectivity index (χ0n) is 9.37. The summed E-state index contributed by atoms with van der Waals surface area (Å²) in [5.41, 5.74) is 6.49. The average molecular weight is 242 g/mol. The molecule has 0 radical (unpaired) electrons. The molecule has 0 bridgehead atoms. The Labute approximate surface area is 103 Å². The standard InChI is InChI=1S/C11H10N6O/c12-5-8-1-3-9(4-2-8)15-10(18)6-17-7-14-11(13)16-17/h1-4,7H,6H2,(H2,13,16)(H,15,18). The molecule has 7 nitrogen and oxygen atoms in total. The topological polar surface area (TPSA) is 110 Å². The van der Waals surface area contributed by atoms with Gasteiger partial charge in [-0.05, 0) is 24.3 Å². The predicted molar refractivity (Wildman–Crippen MR) is 64.2 cm³/mol. The van der Waals surface area contributed by atoms with E-state index < -0.39 is 0 Å². The van der Waals surface area contributed by atoms with Crippen LogP contribution in [-0.4, -0.2) is 20.7 Å². The Balaban J connectivity index is 1.96. The Morgan fingerprint density at radius 3 is 2.72 bits per heavy atom. The molecule has 1 aromatic heterocycles. The first-order chi connectivity index (χ1) is 8.67. The van der Waals surface area contributed by atoms with E-state index in [1.165, 1.54) is 11.0 Å². The van der Waals surface area contributed by atoms with Gasteiger partial charge in [0.1, 0.15) is 12.9 Å². The maximum absolute atomic E-state index is 11.6. The number of hydrogen-bond acceptors (Lipinski definition) is 5.